The Morgan fingerprint density at radius 2 is 1.82 bits per heavy atom. The monoisotopic (exact) mass is 243 g/mol. The van der Waals surface area contributed by atoms with E-state index >= 15 is 0 Å². The molecule has 0 spiro atoms. The van der Waals surface area contributed by atoms with Crippen molar-refractivity contribution in [1.82, 2.24) is 5.32 Å². The van der Waals surface area contributed by atoms with Gasteiger partial charge in [0.25, 0.3) is 0 Å². The van der Waals surface area contributed by atoms with Crippen LogP contribution >= 0.6 is 0 Å². The van der Waals surface area contributed by atoms with Crippen molar-refractivity contribution < 1.29 is 9.90 Å². The summed E-state index contributed by atoms with van der Waals surface area (Å²) in [5.41, 5.74) is 0. The molecular formula is C14H29NO2. The molecule has 2 N–H and O–H groups in total. The first-order valence-corrected chi connectivity index (χ1v) is 6.81. The molecule has 102 valence electrons. The first kappa shape index (κ1) is 16.4. The van der Waals surface area contributed by atoms with Gasteiger partial charge in [-0.2, -0.15) is 0 Å². The van der Waals surface area contributed by atoms with E-state index in [0.29, 0.717) is 30.7 Å². The average Bonchev–Trinajstić information content (AvgIpc) is 2.21. The normalized spacial score (nSPS) is 16.6. The average molecular weight is 243 g/mol. The molecule has 0 bridgehead atoms. The van der Waals surface area contributed by atoms with Crippen LogP contribution in [-0.2, 0) is 4.79 Å². The summed E-state index contributed by atoms with van der Waals surface area (Å²) < 4.78 is 0. The van der Waals surface area contributed by atoms with Crippen molar-refractivity contribution in [3.8, 4) is 0 Å². The van der Waals surface area contributed by atoms with Gasteiger partial charge in [-0.1, -0.05) is 34.1 Å². The van der Waals surface area contributed by atoms with Gasteiger partial charge < -0.3 is 10.4 Å². The van der Waals surface area contributed by atoms with Gasteiger partial charge >= 0.3 is 0 Å². The minimum Gasteiger partial charge on any atom is -0.393 e. The van der Waals surface area contributed by atoms with E-state index in [0.717, 1.165) is 12.8 Å². The van der Waals surface area contributed by atoms with E-state index in [1.165, 1.54) is 0 Å². The van der Waals surface area contributed by atoms with Crippen LogP contribution in [-0.4, -0.2) is 23.7 Å². The lowest BCUT2D eigenvalue weighted by atomic mass is 9.90. The van der Waals surface area contributed by atoms with Gasteiger partial charge in [-0.05, 0) is 31.1 Å². The van der Waals surface area contributed by atoms with E-state index in [9.17, 15) is 9.90 Å². The lowest BCUT2D eigenvalue weighted by Crippen LogP contribution is -2.31. The summed E-state index contributed by atoms with van der Waals surface area (Å²) in [7, 11) is 0. The predicted octanol–water partition coefficient (Wildman–Crippen LogP) is 2.58. The van der Waals surface area contributed by atoms with Crippen LogP contribution in [0.25, 0.3) is 0 Å². The van der Waals surface area contributed by atoms with Crippen molar-refractivity contribution in [2.45, 2.75) is 60.0 Å². The minimum absolute atomic E-state index is 0.142. The maximum Gasteiger partial charge on any atom is 0.220 e. The van der Waals surface area contributed by atoms with Crippen LogP contribution < -0.4 is 5.32 Å². The van der Waals surface area contributed by atoms with E-state index in [2.05, 4.69) is 26.1 Å². The Bertz CT molecular complexity index is 214. The molecule has 3 unspecified atom stereocenters. The highest BCUT2D eigenvalue weighted by Gasteiger charge is 2.16. The van der Waals surface area contributed by atoms with Crippen molar-refractivity contribution in [2.75, 3.05) is 6.54 Å². The lowest BCUT2D eigenvalue weighted by molar-refractivity contribution is -0.122. The molecule has 0 aliphatic heterocycles. The van der Waals surface area contributed by atoms with Crippen molar-refractivity contribution in [2.24, 2.45) is 17.8 Å². The summed E-state index contributed by atoms with van der Waals surface area (Å²) in [5, 5.41) is 12.2. The SMILES string of the molecule is CCC(CC(=O)NCC(C)CC(C)O)C(C)C. The third-order valence-corrected chi connectivity index (χ3v) is 3.31. The van der Waals surface area contributed by atoms with Crippen LogP contribution in [0.5, 0.6) is 0 Å². The molecule has 0 heterocycles. The number of aliphatic hydroxyl groups excluding tert-OH is 1. The van der Waals surface area contributed by atoms with Crippen molar-refractivity contribution in [3.63, 3.8) is 0 Å². The van der Waals surface area contributed by atoms with Gasteiger partial charge in [0.05, 0.1) is 6.10 Å². The quantitative estimate of drug-likeness (QED) is 0.688. The summed E-state index contributed by atoms with van der Waals surface area (Å²) in [6.07, 6.45) is 2.12. The van der Waals surface area contributed by atoms with Gasteiger partial charge in [0.1, 0.15) is 0 Å². The van der Waals surface area contributed by atoms with E-state index < -0.39 is 0 Å². The molecule has 3 nitrogen and oxygen atoms in total. The van der Waals surface area contributed by atoms with Crippen LogP contribution in [0.1, 0.15) is 53.9 Å². The molecule has 1 amide bonds. The van der Waals surface area contributed by atoms with Gasteiger partial charge in [-0.3, -0.25) is 4.79 Å². The molecule has 17 heavy (non-hydrogen) atoms. The molecule has 0 aromatic rings. The zero-order valence-corrected chi connectivity index (χ0v) is 12.0. The van der Waals surface area contributed by atoms with Crippen LogP contribution in [0.3, 0.4) is 0 Å². The number of hydrogen-bond donors (Lipinski definition) is 2. The van der Waals surface area contributed by atoms with Gasteiger partial charge in [0.15, 0.2) is 0 Å². The molecule has 0 rings (SSSR count). The Kier molecular flexibility index (Phi) is 8.23. The molecule has 0 aliphatic carbocycles. The Morgan fingerprint density at radius 1 is 1.24 bits per heavy atom. The lowest BCUT2D eigenvalue weighted by Gasteiger charge is -2.19. The number of carbonyl (C=O) groups excluding carboxylic acids is 1. The van der Waals surface area contributed by atoms with Gasteiger partial charge in [-0.25, -0.2) is 0 Å². The van der Waals surface area contributed by atoms with Gasteiger partial charge in [0.2, 0.25) is 5.91 Å². The molecular weight excluding hydrogens is 214 g/mol. The second-order valence-corrected chi connectivity index (χ2v) is 5.61. The van der Waals surface area contributed by atoms with Crippen molar-refractivity contribution >= 4 is 5.91 Å². The fraction of sp³-hybridized carbons (Fsp3) is 0.929. The molecule has 3 atom stereocenters. The molecule has 0 aliphatic rings. The number of rotatable bonds is 8. The molecule has 0 aromatic carbocycles. The van der Waals surface area contributed by atoms with Crippen LogP contribution in [0, 0.1) is 17.8 Å². The minimum atomic E-state index is -0.291. The number of aliphatic hydroxyl groups is 1. The highest BCUT2D eigenvalue weighted by Crippen LogP contribution is 2.18. The molecule has 0 saturated carbocycles. The molecule has 0 aromatic heterocycles. The summed E-state index contributed by atoms with van der Waals surface area (Å²) >= 11 is 0. The second kappa shape index (κ2) is 8.51. The topological polar surface area (TPSA) is 49.3 Å². The zero-order valence-electron chi connectivity index (χ0n) is 12.0. The van der Waals surface area contributed by atoms with Crippen LogP contribution in [0.2, 0.25) is 0 Å². The fourth-order valence-corrected chi connectivity index (χ4v) is 2.12. The number of hydrogen-bond acceptors (Lipinski definition) is 2. The highest BCUT2D eigenvalue weighted by molar-refractivity contribution is 5.76. The third-order valence-electron chi connectivity index (χ3n) is 3.31. The summed E-state index contributed by atoms with van der Waals surface area (Å²) in [5.74, 6) is 1.50. The Hall–Kier alpha value is -0.570. The largest absolute Gasteiger partial charge is 0.393 e. The number of carbonyl (C=O) groups is 1. The Labute approximate surface area is 106 Å². The van der Waals surface area contributed by atoms with E-state index in [1.807, 2.05) is 6.92 Å². The Morgan fingerprint density at radius 3 is 2.24 bits per heavy atom. The maximum atomic E-state index is 11.7. The molecule has 0 fully saturated rings. The van der Waals surface area contributed by atoms with Crippen LogP contribution in [0.15, 0.2) is 0 Å². The summed E-state index contributed by atoms with van der Waals surface area (Å²) in [4.78, 5) is 11.7. The standard InChI is InChI=1S/C14H29NO2/c1-6-13(10(2)3)8-14(17)15-9-11(4)7-12(5)16/h10-13,16H,6-9H2,1-5H3,(H,15,17). The van der Waals surface area contributed by atoms with E-state index in [-0.39, 0.29) is 12.0 Å². The van der Waals surface area contributed by atoms with Gasteiger partial charge in [-0.15, -0.1) is 0 Å². The first-order valence-electron chi connectivity index (χ1n) is 6.81. The number of nitrogens with one attached hydrogen (secondary N) is 1. The Balaban J connectivity index is 3.86. The first-order chi connectivity index (χ1) is 7.86. The van der Waals surface area contributed by atoms with Crippen molar-refractivity contribution in [3.05, 3.63) is 0 Å². The molecule has 0 radical (unpaired) electrons. The second-order valence-electron chi connectivity index (χ2n) is 5.61. The molecule has 0 saturated heterocycles. The zero-order chi connectivity index (χ0) is 13.4. The maximum absolute atomic E-state index is 11.7. The number of amides is 1. The summed E-state index contributed by atoms with van der Waals surface area (Å²) in [6, 6.07) is 0. The van der Waals surface area contributed by atoms with E-state index in [1.54, 1.807) is 6.92 Å². The predicted molar refractivity (Wildman–Crippen MR) is 71.7 cm³/mol. The van der Waals surface area contributed by atoms with Gasteiger partial charge in [0, 0.05) is 13.0 Å². The van der Waals surface area contributed by atoms with Crippen molar-refractivity contribution in [1.29, 1.82) is 0 Å². The fourth-order valence-electron chi connectivity index (χ4n) is 2.12. The smallest absolute Gasteiger partial charge is 0.220 e. The van der Waals surface area contributed by atoms with E-state index in [4.69, 9.17) is 0 Å². The summed E-state index contributed by atoms with van der Waals surface area (Å²) in [6.45, 7) is 11.0. The highest BCUT2D eigenvalue weighted by atomic mass is 16.3. The molecule has 3 heteroatoms. The third kappa shape index (κ3) is 8.19. The van der Waals surface area contributed by atoms with Crippen LogP contribution in [0.4, 0.5) is 0 Å².